The van der Waals surface area contributed by atoms with Gasteiger partial charge in [-0.2, -0.15) is 13.1 Å². The fraction of sp³-hybridized carbons (Fsp3) is 0.0625. The van der Waals surface area contributed by atoms with Gasteiger partial charge in [0.05, 0.1) is 17.8 Å². The minimum atomic E-state index is -3.90. The van der Waals surface area contributed by atoms with Gasteiger partial charge in [-0.05, 0) is 29.8 Å². The molecule has 2 aromatic heterocycles. The van der Waals surface area contributed by atoms with Gasteiger partial charge in [0.15, 0.2) is 5.82 Å². The van der Waals surface area contributed by atoms with Crippen molar-refractivity contribution >= 4 is 39.2 Å². The fourth-order valence-corrected chi connectivity index (χ4v) is 3.34. The van der Waals surface area contributed by atoms with Crippen LogP contribution in [0.1, 0.15) is 5.69 Å². The molecule has 0 saturated heterocycles. The number of anilines is 1. The molecule has 0 atom stereocenters. The molecule has 0 unspecified atom stereocenters. The van der Waals surface area contributed by atoms with Crippen LogP contribution in [0.25, 0.3) is 11.1 Å². The zero-order valence-corrected chi connectivity index (χ0v) is 15.6. The van der Waals surface area contributed by atoms with Gasteiger partial charge in [-0.25, -0.2) is 9.97 Å². The number of nitrogens with one attached hydrogen (secondary N) is 2. The standard InChI is InChI=1S/C16H13Cl2N5O2S/c17-12-6-4-11(5-7-12)14-15(18)20-10-21-16(14)23-26(24,25)22-9-13-3-1-2-8-19-13/h1-8,10,22H,9H2,(H,20,21,23). The first kappa shape index (κ1) is 18.5. The summed E-state index contributed by atoms with van der Waals surface area (Å²) in [6.45, 7) is 0.0330. The lowest BCUT2D eigenvalue weighted by atomic mass is 10.1. The average Bonchev–Trinajstić information content (AvgIpc) is 2.62. The van der Waals surface area contributed by atoms with Gasteiger partial charge in [-0.3, -0.25) is 9.71 Å². The van der Waals surface area contributed by atoms with E-state index in [0.29, 0.717) is 21.8 Å². The van der Waals surface area contributed by atoms with Crippen LogP contribution in [0.4, 0.5) is 5.82 Å². The van der Waals surface area contributed by atoms with Crippen LogP contribution in [-0.2, 0) is 16.8 Å². The first-order valence-corrected chi connectivity index (χ1v) is 9.62. The molecule has 26 heavy (non-hydrogen) atoms. The van der Waals surface area contributed by atoms with E-state index in [1.165, 1.54) is 6.33 Å². The summed E-state index contributed by atoms with van der Waals surface area (Å²) < 4.78 is 29.5. The van der Waals surface area contributed by atoms with E-state index in [-0.39, 0.29) is 17.5 Å². The number of hydrogen-bond acceptors (Lipinski definition) is 5. The molecule has 0 saturated carbocycles. The zero-order valence-electron chi connectivity index (χ0n) is 13.2. The number of benzene rings is 1. The van der Waals surface area contributed by atoms with Crippen molar-refractivity contribution in [1.29, 1.82) is 0 Å². The number of rotatable bonds is 6. The first-order valence-electron chi connectivity index (χ1n) is 7.38. The number of hydrogen-bond donors (Lipinski definition) is 2. The summed E-state index contributed by atoms with van der Waals surface area (Å²) in [6.07, 6.45) is 2.76. The number of halogens is 2. The number of pyridine rings is 1. The third kappa shape index (κ3) is 4.67. The van der Waals surface area contributed by atoms with Crippen LogP contribution in [0.15, 0.2) is 55.0 Å². The van der Waals surface area contributed by atoms with E-state index in [9.17, 15) is 8.42 Å². The predicted octanol–water partition coefficient (Wildman–Crippen LogP) is 3.29. The van der Waals surface area contributed by atoms with Crippen LogP contribution >= 0.6 is 23.2 Å². The Bertz CT molecular complexity index is 999. The van der Waals surface area contributed by atoms with Gasteiger partial charge in [-0.1, -0.05) is 41.4 Å². The normalized spacial score (nSPS) is 11.3. The zero-order chi connectivity index (χ0) is 18.6. The van der Waals surface area contributed by atoms with E-state index in [1.54, 1.807) is 48.7 Å². The van der Waals surface area contributed by atoms with Crippen molar-refractivity contribution in [2.75, 3.05) is 4.72 Å². The van der Waals surface area contributed by atoms with Crippen LogP contribution in [-0.4, -0.2) is 23.4 Å². The van der Waals surface area contributed by atoms with Crippen molar-refractivity contribution < 1.29 is 8.42 Å². The molecule has 7 nitrogen and oxygen atoms in total. The first-order chi connectivity index (χ1) is 12.4. The molecule has 2 heterocycles. The second kappa shape index (κ2) is 7.96. The summed E-state index contributed by atoms with van der Waals surface area (Å²) in [5.41, 5.74) is 1.56. The molecular weight excluding hydrogens is 397 g/mol. The van der Waals surface area contributed by atoms with Gasteiger partial charge >= 0.3 is 10.2 Å². The van der Waals surface area contributed by atoms with E-state index >= 15 is 0 Å². The minimum absolute atomic E-state index is 0.0330. The van der Waals surface area contributed by atoms with Gasteiger partial charge < -0.3 is 0 Å². The van der Waals surface area contributed by atoms with Gasteiger partial charge in [0, 0.05) is 11.2 Å². The van der Waals surface area contributed by atoms with Crippen molar-refractivity contribution in [2.24, 2.45) is 0 Å². The summed E-state index contributed by atoms with van der Waals surface area (Å²) in [4.78, 5) is 12.0. The van der Waals surface area contributed by atoms with E-state index in [1.807, 2.05) is 0 Å². The van der Waals surface area contributed by atoms with Crippen molar-refractivity contribution in [3.05, 3.63) is 70.9 Å². The lowest BCUT2D eigenvalue weighted by Gasteiger charge is -2.13. The maximum absolute atomic E-state index is 12.3. The van der Waals surface area contributed by atoms with Crippen molar-refractivity contribution in [3.63, 3.8) is 0 Å². The molecule has 3 aromatic rings. The Hall–Kier alpha value is -2.26. The highest BCUT2D eigenvalue weighted by Crippen LogP contribution is 2.32. The molecular formula is C16H13Cl2N5O2S. The molecule has 0 fully saturated rings. The molecule has 0 aliphatic carbocycles. The van der Waals surface area contributed by atoms with Crippen molar-refractivity contribution in [2.45, 2.75) is 6.54 Å². The average molecular weight is 410 g/mol. The molecule has 3 rings (SSSR count). The highest BCUT2D eigenvalue weighted by molar-refractivity contribution is 7.90. The Morgan fingerprint density at radius 2 is 1.73 bits per heavy atom. The molecule has 2 N–H and O–H groups in total. The second-order valence-electron chi connectivity index (χ2n) is 5.14. The highest BCUT2D eigenvalue weighted by Gasteiger charge is 2.18. The molecule has 1 aromatic carbocycles. The van der Waals surface area contributed by atoms with Gasteiger partial charge in [-0.15, -0.1) is 0 Å². The quantitative estimate of drug-likeness (QED) is 0.608. The monoisotopic (exact) mass is 409 g/mol. The third-order valence-corrected chi connectivity index (χ3v) is 4.86. The van der Waals surface area contributed by atoms with E-state index in [0.717, 1.165) is 0 Å². The van der Waals surface area contributed by atoms with Crippen LogP contribution in [0.3, 0.4) is 0 Å². The summed E-state index contributed by atoms with van der Waals surface area (Å²) in [5.74, 6) is 0.0563. The van der Waals surface area contributed by atoms with Gasteiger partial charge in [0.1, 0.15) is 11.5 Å². The summed E-state index contributed by atoms with van der Waals surface area (Å²) in [7, 11) is -3.90. The van der Waals surface area contributed by atoms with Gasteiger partial charge in [0.25, 0.3) is 0 Å². The molecule has 134 valence electrons. The maximum atomic E-state index is 12.3. The Balaban J connectivity index is 1.85. The topological polar surface area (TPSA) is 96.9 Å². The van der Waals surface area contributed by atoms with Crippen molar-refractivity contribution in [1.82, 2.24) is 19.7 Å². The Kier molecular flexibility index (Phi) is 5.67. The summed E-state index contributed by atoms with van der Waals surface area (Å²) in [6, 6.07) is 12.0. The summed E-state index contributed by atoms with van der Waals surface area (Å²) >= 11 is 12.0. The Morgan fingerprint density at radius 1 is 0.962 bits per heavy atom. The lowest BCUT2D eigenvalue weighted by molar-refractivity contribution is 0.586. The predicted molar refractivity (Wildman–Crippen MR) is 101 cm³/mol. The molecule has 0 bridgehead atoms. The van der Waals surface area contributed by atoms with Crippen molar-refractivity contribution in [3.8, 4) is 11.1 Å². The van der Waals surface area contributed by atoms with Gasteiger partial charge in [0.2, 0.25) is 0 Å². The molecule has 0 aliphatic heterocycles. The Morgan fingerprint density at radius 3 is 2.42 bits per heavy atom. The number of nitrogens with zero attached hydrogens (tertiary/aromatic N) is 3. The second-order valence-corrected chi connectivity index (χ2v) is 7.44. The molecule has 0 spiro atoms. The molecule has 0 radical (unpaired) electrons. The lowest BCUT2D eigenvalue weighted by Crippen LogP contribution is -2.30. The smallest absolute Gasteiger partial charge is 0.260 e. The maximum Gasteiger partial charge on any atom is 0.300 e. The van der Waals surface area contributed by atoms with Crippen LogP contribution in [0, 0.1) is 0 Å². The fourth-order valence-electron chi connectivity index (χ4n) is 2.15. The van der Waals surface area contributed by atoms with Crippen LogP contribution in [0.5, 0.6) is 0 Å². The largest absolute Gasteiger partial charge is 0.300 e. The van der Waals surface area contributed by atoms with Crippen LogP contribution < -0.4 is 9.44 Å². The molecule has 0 aliphatic rings. The van der Waals surface area contributed by atoms with E-state index in [2.05, 4.69) is 24.4 Å². The van der Waals surface area contributed by atoms with E-state index in [4.69, 9.17) is 23.2 Å². The number of aromatic nitrogens is 3. The Labute approximate surface area is 160 Å². The van der Waals surface area contributed by atoms with E-state index < -0.39 is 10.2 Å². The third-order valence-electron chi connectivity index (χ3n) is 3.33. The minimum Gasteiger partial charge on any atom is -0.260 e. The highest BCUT2D eigenvalue weighted by atomic mass is 35.5. The SMILES string of the molecule is O=S(=O)(NCc1ccccn1)Nc1ncnc(Cl)c1-c1ccc(Cl)cc1. The molecule has 10 heteroatoms. The summed E-state index contributed by atoms with van der Waals surface area (Å²) in [5, 5.41) is 0.658. The molecule has 0 amide bonds. The van der Waals surface area contributed by atoms with Crippen LogP contribution in [0.2, 0.25) is 10.2 Å².